The number of esters is 2. The number of aromatic nitrogens is 1. The Balaban J connectivity index is 2.73. The van der Waals surface area contributed by atoms with E-state index in [1.165, 1.54) is 18.5 Å². The van der Waals surface area contributed by atoms with E-state index in [0.717, 1.165) is 0 Å². The fourth-order valence-corrected chi connectivity index (χ4v) is 1.78. The first-order valence-corrected chi connectivity index (χ1v) is 7.25. The van der Waals surface area contributed by atoms with Gasteiger partial charge in [0.15, 0.2) is 0 Å². The summed E-state index contributed by atoms with van der Waals surface area (Å²) in [6.45, 7) is 3.71. The maximum Gasteiger partial charge on any atom is 0.328 e. The monoisotopic (exact) mass is 324 g/mol. The number of hydrogen-bond donors (Lipinski definition) is 2. The van der Waals surface area contributed by atoms with Crippen LogP contribution in [0.4, 0.5) is 0 Å². The Hall–Kier alpha value is -2.64. The van der Waals surface area contributed by atoms with E-state index in [0.29, 0.717) is 0 Å². The molecule has 1 aromatic heterocycles. The van der Waals surface area contributed by atoms with E-state index in [9.17, 15) is 19.5 Å². The summed E-state index contributed by atoms with van der Waals surface area (Å²) < 4.78 is 9.68. The van der Waals surface area contributed by atoms with Gasteiger partial charge in [-0.05, 0) is 26.3 Å². The highest BCUT2D eigenvalue weighted by Gasteiger charge is 2.24. The van der Waals surface area contributed by atoms with Crippen LogP contribution in [0.25, 0.3) is 0 Å². The van der Waals surface area contributed by atoms with E-state index in [2.05, 4.69) is 10.3 Å². The van der Waals surface area contributed by atoms with Crippen LogP contribution in [0, 0.1) is 0 Å². The lowest BCUT2D eigenvalue weighted by atomic mass is 10.1. The minimum absolute atomic E-state index is 0.0319. The molecule has 1 atom stereocenters. The summed E-state index contributed by atoms with van der Waals surface area (Å²) in [7, 11) is 0. The van der Waals surface area contributed by atoms with Crippen molar-refractivity contribution in [2.45, 2.75) is 32.7 Å². The zero-order valence-electron chi connectivity index (χ0n) is 13.1. The van der Waals surface area contributed by atoms with Crippen molar-refractivity contribution < 1.29 is 29.0 Å². The second kappa shape index (κ2) is 9.39. The molecule has 0 aromatic carbocycles. The van der Waals surface area contributed by atoms with Gasteiger partial charge in [0, 0.05) is 12.6 Å². The van der Waals surface area contributed by atoms with Crippen molar-refractivity contribution in [3.8, 4) is 5.75 Å². The summed E-state index contributed by atoms with van der Waals surface area (Å²) in [6.07, 6.45) is 2.45. The van der Waals surface area contributed by atoms with E-state index in [-0.39, 0.29) is 37.4 Å². The summed E-state index contributed by atoms with van der Waals surface area (Å²) in [4.78, 5) is 39.1. The number of hydrogen-bond acceptors (Lipinski definition) is 7. The van der Waals surface area contributed by atoms with Crippen LogP contribution in [0.1, 0.15) is 37.0 Å². The molecule has 1 amide bonds. The molecule has 0 fully saturated rings. The molecule has 2 N–H and O–H groups in total. The summed E-state index contributed by atoms with van der Waals surface area (Å²) in [5, 5.41) is 11.8. The fraction of sp³-hybridized carbons (Fsp3) is 0.467. The summed E-state index contributed by atoms with van der Waals surface area (Å²) in [5.74, 6) is -1.87. The number of carbonyl (C=O) groups excluding carboxylic acids is 3. The van der Waals surface area contributed by atoms with Crippen LogP contribution in [0.2, 0.25) is 0 Å². The molecule has 0 saturated carbocycles. The van der Waals surface area contributed by atoms with Crippen LogP contribution in [-0.4, -0.2) is 47.2 Å². The molecule has 8 nitrogen and oxygen atoms in total. The zero-order chi connectivity index (χ0) is 17.2. The average Bonchev–Trinajstić information content (AvgIpc) is 2.51. The highest BCUT2D eigenvalue weighted by Crippen LogP contribution is 2.10. The summed E-state index contributed by atoms with van der Waals surface area (Å²) in [5.41, 5.74) is 0.0930. The summed E-state index contributed by atoms with van der Waals surface area (Å²) >= 11 is 0. The van der Waals surface area contributed by atoms with Gasteiger partial charge in [0.25, 0.3) is 5.91 Å². The third kappa shape index (κ3) is 6.33. The van der Waals surface area contributed by atoms with E-state index < -0.39 is 23.9 Å². The molecule has 8 heteroatoms. The molecule has 1 rings (SSSR count). The Morgan fingerprint density at radius 1 is 1.22 bits per heavy atom. The Labute approximate surface area is 133 Å². The topological polar surface area (TPSA) is 115 Å². The lowest BCUT2D eigenvalue weighted by Crippen LogP contribution is -2.42. The van der Waals surface area contributed by atoms with E-state index in [1.54, 1.807) is 13.8 Å². The highest BCUT2D eigenvalue weighted by atomic mass is 16.5. The normalized spacial score (nSPS) is 11.4. The van der Waals surface area contributed by atoms with Crippen molar-refractivity contribution in [2.75, 3.05) is 13.2 Å². The Morgan fingerprint density at radius 2 is 1.91 bits per heavy atom. The predicted octanol–water partition coefficient (Wildman–Crippen LogP) is 0.792. The molecule has 0 unspecified atom stereocenters. The third-order valence-electron chi connectivity index (χ3n) is 2.80. The van der Waals surface area contributed by atoms with Crippen LogP contribution in [-0.2, 0) is 19.1 Å². The van der Waals surface area contributed by atoms with Crippen molar-refractivity contribution in [2.24, 2.45) is 0 Å². The van der Waals surface area contributed by atoms with Crippen molar-refractivity contribution >= 4 is 17.8 Å². The molecule has 0 aliphatic carbocycles. The zero-order valence-corrected chi connectivity index (χ0v) is 13.1. The number of carbonyl (C=O) groups is 3. The number of amides is 1. The van der Waals surface area contributed by atoms with Gasteiger partial charge in [-0.25, -0.2) is 4.79 Å². The van der Waals surface area contributed by atoms with Gasteiger partial charge in [0.2, 0.25) is 0 Å². The Bertz CT molecular complexity index is 561. The first kappa shape index (κ1) is 18.4. The largest absolute Gasteiger partial charge is 0.506 e. The van der Waals surface area contributed by atoms with E-state index in [1.807, 2.05) is 0 Å². The number of nitrogens with one attached hydrogen (secondary N) is 1. The van der Waals surface area contributed by atoms with Gasteiger partial charge in [-0.1, -0.05) is 0 Å². The minimum Gasteiger partial charge on any atom is -0.506 e. The highest BCUT2D eigenvalue weighted by molar-refractivity contribution is 5.96. The lowest BCUT2D eigenvalue weighted by Gasteiger charge is -2.17. The molecule has 1 heterocycles. The molecule has 126 valence electrons. The summed E-state index contributed by atoms with van der Waals surface area (Å²) in [6, 6.07) is 0.227. The van der Waals surface area contributed by atoms with Gasteiger partial charge in [0.1, 0.15) is 11.8 Å². The molecular formula is C15H20N2O6. The molecule has 0 aliphatic rings. The number of rotatable bonds is 8. The maximum atomic E-state index is 12.1. The quantitative estimate of drug-likeness (QED) is 0.679. The third-order valence-corrected chi connectivity index (χ3v) is 2.80. The van der Waals surface area contributed by atoms with Gasteiger partial charge in [0.05, 0.1) is 25.0 Å². The second-order valence-corrected chi connectivity index (χ2v) is 4.55. The van der Waals surface area contributed by atoms with Crippen molar-refractivity contribution in [3.05, 3.63) is 24.0 Å². The maximum absolute atomic E-state index is 12.1. The van der Waals surface area contributed by atoms with Crippen molar-refractivity contribution in [3.63, 3.8) is 0 Å². The van der Waals surface area contributed by atoms with Crippen LogP contribution in [0.15, 0.2) is 18.5 Å². The standard InChI is InChI=1S/C15H20N2O6/c1-3-22-13(19)6-5-12(15(21)23-4-2)17-14(20)10-7-11(18)9-16-8-10/h7-9,12,18H,3-6H2,1-2H3,(H,17,20)/t12-/m1/s1. The smallest absolute Gasteiger partial charge is 0.328 e. The molecule has 0 saturated heterocycles. The fourth-order valence-electron chi connectivity index (χ4n) is 1.78. The lowest BCUT2D eigenvalue weighted by molar-refractivity contribution is -0.146. The molecule has 0 radical (unpaired) electrons. The van der Waals surface area contributed by atoms with E-state index >= 15 is 0 Å². The number of pyridine rings is 1. The van der Waals surface area contributed by atoms with Crippen LogP contribution in [0.5, 0.6) is 5.75 Å². The molecule has 23 heavy (non-hydrogen) atoms. The molecule has 0 aliphatic heterocycles. The number of aromatic hydroxyl groups is 1. The number of ether oxygens (including phenoxy) is 2. The first-order chi connectivity index (χ1) is 11.0. The van der Waals surface area contributed by atoms with Gasteiger partial charge in [-0.3, -0.25) is 14.6 Å². The van der Waals surface area contributed by atoms with Crippen LogP contribution >= 0.6 is 0 Å². The van der Waals surface area contributed by atoms with Gasteiger partial charge < -0.3 is 19.9 Å². The minimum atomic E-state index is -0.991. The first-order valence-electron chi connectivity index (χ1n) is 7.25. The molecule has 0 spiro atoms. The SMILES string of the molecule is CCOC(=O)CC[C@@H](NC(=O)c1cncc(O)c1)C(=O)OCC. The van der Waals surface area contributed by atoms with Crippen molar-refractivity contribution in [1.82, 2.24) is 10.3 Å². The van der Waals surface area contributed by atoms with Gasteiger partial charge in [-0.15, -0.1) is 0 Å². The number of nitrogens with zero attached hydrogens (tertiary/aromatic N) is 1. The average molecular weight is 324 g/mol. The Morgan fingerprint density at radius 3 is 2.52 bits per heavy atom. The molecular weight excluding hydrogens is 304 g/mol. The van der Waals surface area contributed by atoms with Gasteiger partial charge in [-0.2, -0.15) is 0 Å². The second-order valence-electron chi connectivity index (χ2n) is 4.55. The van der Waals surface area contributed by atoms with Crippen LogP contribution < -0.4 is 5.32 Å². The molecule has 1 aromatic rings. The predicted molar refractivity (Wildman–Crippen MR) is 79.7 cm³/mol. The van der Waals surface area contributed by atoms with Gasteiger partial charge >= 0.3 is 11.9 Å². The Kier molecular flexibility index (Phi) is 7.52. The molecule has 0 bridgehead atoms. The van der Waals surface area contributed by atoms with Crippen LogP contribution in [0.3, 0.4) is 0 Å². The van der Waals surface area contributed by atoms with Crippen molar-refractivity contribution in [1.29, 1.82) is 0 Å². The van der Waals surface area contributed by atoms with E-state index in [4.69, 9.17) is 9.47 Å².